The number of nitrogens with one attached hydrogen (secondary N) is 2. The Balaban J connectivity index is 1.26. The van der Waals surface area contributed by atoms with Gasteiger partial charge >= 0.3 is 0 Å². The first kappa shape index (κ1) is 22.7. The number of likely N-dealkylation sites (tertiary alicyclic amines) is 1. The number of aromatic nitrogens is 6. The molecule has 1 aliphatic heterocycles. The number of para-hydroxylation sites is 1. The topological polar surface area (TPSA) is 86.4 Å². The summed E-state index contributed by atoms with van der Waals surface area (Å²) in [5, 5.41) is 8.57. The molecule has 188 valence electrons. The van der Waals surface area contributed by atoms with Crippen LogP contribution in [-0.4, -0.2) is 48.1 Å². The highest BCUT2D eigenvalue weighted by Gasteiger charge is 2.17. The average molecular weight is 504 g/mol. The molecule has 2 aromatic carbocycles. The maximum atomic E-state index is 13.9. The largest absolute Gasteiger partial charge is 0.337 e. The van der Waals surface area contributed by atoms with Crippen molar-refractivity contribution in [1.82, 2.24) is 35.0 Å². The molecular formula is C30H26FN7. The van der Waals surface area contributed by atoms with Gasteiger partial charge in [0.1, 0.15) is 11.5 Å². The third-order valence-corrected chi connectivity index (χ3v) is 7.27. The van der Waals surface area contributed by atoms with Crippen molar-refractivity contribution >= 4 is 21.9 Å². The van der Waals surface area contributed by atoms with Crippen LogP contribution in [0.5, 0.6) is 0 Å². The molecule has 0 atom stereocenters. The van der Waals surface area contributed by atoms with E-state index < -0.39 is 0 Å². The zero-order valence-corrected chi connectivity index (χ0v) is 20.8. The van der Waals surface area contributed by atoms with Crippen molar-refractivity contribution in [1.29, 1.82) is 0 Å². The number of aromatic amines is 2. The zero-order valence-electron chi connectivity index (χ0n) is 20.8. The number of halogens is 1. The number of pyridine rings is 2. The maximum Gasteiger partial charge on any atom is 0.159 e. The SMILES string of the molecule is Fc1cccc(-c2cccc3[nH]c(-c4n[nH]c5cnc(-c6cncc(CN7CCCCC7)c6)cc45)nc23)c1. The van der Waals surface area contributed by atoms with E-state index in [1.54, 1.807) is 12.3 Å². The highest BCUT2D eigenvalue weighted by molar-refractivity contribution is 5.97. The van der Waals surface area contributed by atoms with Gasteiger partial charge in [-0.25, -0.2) is 9.37 Å². The Morgan fingerprint density at radius 1 is 0.868 bits per heavy atom. The molecule has 0 unspecified atom stereocenters. The molecule has 1 fully saturated rings. The first-order valence-electron chi connectivity index (χ1n) is 13.0. The highest BCUT2D eigenvalue weighted by atomic mass is 19.1. The van der Waals surface area contributed by atoms with Gasteiger partial charge in [-0.3, -0.25) is 20.0 Å². The van der Waals surface area contributed by atoms with E-state index in [-0.39, 0.29) is 5.82 Å². The van der Waals surface area contributed by atoms with E-state index in [0.29, 0.717) is 11.5 Å². The number of imidazole rings is 1. The fourth-order valence-corrected chi connectivity index (χ4v) is 5.38. The molecule has 0 bridgehead atoms. The third kappa shape index (κ3) is 4.22. The maximum absolute atomic E-state index is 13.9. The summed E-state index contributed by atoms with van der Waals surface area (Å²) in [4.78, 5) is 20.0. The van der Waals surface area contributed by atoms with Crippen molar-refractivity contribution in [2.24, 2.45) is 0 Å². The lowest BCUT2D eigenvalue weighted by atomic mass is 10.0. The summed E-state index contributed by atoms with van der Waals surface area (Å²) in [5.41, 5.74) is 7.83. The molecule has 6 aromatic rings. The summed E-state index contributed by atoms with van der Waals surface area (Å²) in [6.07, 6.45) is 9.47. The quantitative estimate of drug-likeness (QED) is 0.286. The van der Waals surface area contributed by atoms with Gasteiger partial charge in [0.15, 0.2) is 5.82 Å². The number of benzene rings is 2. The number of hydrogen-bond donors (Lipinski definition) is 2. The molecule has 0 saturated carbocycles. The van der Waals surface area contributed by atoms with E-state index >= 15 is 0 Å². The van der Waals surface area contributed by atoms with Crippen molar-refractivity contribution in [3.8, 4) is 33.9 Å². The van der Waals surface area contributed by atoms with Gasteiger partial charge in [-0.05, 0) is 67.4 Å². The van der Waals surface area contributed by atoms with Crippen molar-refractivity contribution < 1.29 is 4.39 Å². The van der Waals surface area contributed by atoms with Crippen LogP contribution in [0.3, 0.4) is 0 Å². The summed E-state index contributed by atoms with van der Waals surface area (Å²) in [5.74, 6) is 0.368. The monoisotopic (exact) mass is 503 g/mol. The molecule has 7 nitrogen and oxygen atoms in total. The number of piperidine rings is 1. The van der Waals surface area contributed by atoms with Crippen LogP contribution in [0.25, 0.3) is 55.8 Å². The average Bonchev–Trinajstić information content (AvgIpc) is 3.57. The van der Waals surface area contributed by atoms with E-state index in [9.17, 15) is 4.39 Å². The lowest BCUT2D eigenvalue weighted by Gasteiger charge is -2.26. The van der Waals surface area contributed by atoms with Crippen molar-refractivity contribution in [3.63, 3.8) is 0 Å². The molecule has 2 N–H and O–H groups in total. The smallest absolute Gasteiger partial charge is 0.159 e. The Labute approximate surface area is 218 Å². The second kappa shape index (κ2) is 9.46. The van der Waals surface area contributed by atoms with E-state index in [1.165, 1.54) is 37.0 Å². The molecule has 5 heterocycles. The number of fused-ring (bicyclic) bond motifs is 2. The van der Waals surface area contributed by atoms with Gasteiger partial charge in [0, 0.05) is 35.5 Å². The predicted molar refractivity (Wildman–Crippen MR) is 147 cm³/mol. The Morgan fingerprint density at radius 2 is 1.76 bits per heavy atom. The molecule has 0 radical (unpaired) electrons. The van der Waals surface area contributed by atoms with Crippen LogP contribution >= 0.6 is 0 Å². The minimum atomic E-state index is -0.275. The van der Waals surface area contributed by atoms with Crippen molar-refractivity contribution in [2.75, 3.05) is 13.1 Å². The molecule has 1 aliphatic rings. The summed E-state index contributed by atoms with van der Waals surface area (Å²) in [6, 6.07) is 16.7. The number of hydrogen-bond acceptors (Lipinski definition) is 5. The standard InChI is InChI=1S/C30H26FN7/c31-22-7-4-6-20(13-22)23-8-5-9-25-28(23)35-30(34-25)29-24-14-26(33-17-27(24)36-37-29)21-12-19(15-32-16-21)18-38-10-2-1-3-11-38/h4-9,12-17H,1-3,10-11,18H2,(H,34,35)(H,36,37). The molecule has 0 aliphatic carbocycles. The summed E-state index contributed by atoms with van der Waals surface area (Å²) < 4.78 is 13.9. The zero-order chi connectivity index (χ0) is 25.5. The Bertz CT molecular complexity index is 1760. The van der Waals surface area contributed by atoms with Gasteiger partial charge in [0.2, 0.25) is 0 Å². The highest BCUT2D eigenvalue weighted by Crippen LogP contribution is 2.33. The number of nitrogens with zero attached hydrogens (tertiary/aromatic N) is 5. The Kier molecular flexibility index (Phi) is 5.66. The second-order valence-electron chi connectivity index (χ2n) is 9.90. The van der Waals surface area contributed by atoms with E-state index in [4.69, 9.17) is 4.98 Å². The van der Waals surface area contributed by atoms with E-state index in [0.717, 1.165) is 64.0 Å². The fourth-order valence-electron chi connectivity index (χ4n) is 5.38. The summed E-state index contributed by atoms with van der Waals surface area (Å²) in [6.45, 7) is 3.20. The van der Waals surface area contributed by atoms with Crippen molar-refractivity contribution in [3.05, 3.63) is 84.6 Å². The Morgan fingerprint density at radius 3 is 2.66 bits per heavy atom. The molecule has 0 spiro atoms. The van der Waals surface area contributed by atoms with Gasteiger partial charge < -0.3 is 4.98 Å². The van der Waals surface area contributed by atoms with Crippen LogP contribution in [0, 0.1) is 5.82 Å². The molecule has 7 rings (SSSR count). The molecule has 4 aromatic heterocycles. The molecule has 38 heavy (non-hydrogen) atoms. The molecule has 1 saturated heterocycles. The fraction of sp³-hybridized carbons (Fsp3) is 0.200. The minimum absolute atomic E-state index is 0.275. The van der Waals surface area contributed by atoms with Crippen LogP contribution in [0.1, 0.15) is 24.8 Å². The van der Waals surface area contributed by atoms with E-state index in [2.05, 4.69) is 36.1 Å². The van der Waals surface area contributed by atoms with Gasteiger partial charge in [0.05, 0.1) is 28.4 Å². The van der Waals surface area contributed by atoms with E-state index in [1.807, 2.05) is 42.7 Å². The van der Waals surface area contributed by atoms with Gasteiger partial charge in [0.25, 0.3) is 0 Å². The summed E-state index contributed by atoms with van der Waals surface area (Å²) >= 11 is 0. The lowest BCUT2D eigenvalue weighted by molar-refractivity contribution is 0.220. The number of H-pyrrole nitrogens is 2. The third-order valence-electron chi connectivity index (χ3n) is 7.27. The van der Waals surface area contributed by atoms with Gasteiger partial charge in [-0.2, -0.15) is 5.10 Å². The van der Waals surface area contributed by atoms with Crippen LogP contribution < -0.4 is 0 Å². The normalized spacial score (nSPS) is 14.4. The van der Waals surface area contributed by atoms with Gasteiger partial charge in [-0.1, -0.05) is 30.7 Å². The van der Waals surface area contributed by atoms with Crippen LogP contribution in [-0.2, 0) is 6.54 Å². The number of rotatable bonds is 5. The minimum Gasteiger partial charge on any atom is -0.337 e. The second-order valence-corrected chi connectivity index (χ2v) is 9.90. The molecule has 8 heteroatoms. The van der Waals surface area contributed by atoms with Crippen LogP contribution in [0.2, 0.25) is 0 Å². The Hall–Kier alpha value is -4.43. The lowest BCUT2D eigenvalue weighted by Crippen LogP contribution is -2.29. The van der Waals surface area contributed by atoms with Crippen LogP contribution in [0.15, 0.2) is 73.2 Å². The van der Waals surface area contributed by atoms with Crippen LogP contribution in [0.4, 0.5) is 4.39 Å². The van der Waals surface area contributed by atoms with Crippen molar-refractivity contribution in [2.45, 2.75) is 25.8 Å². The van der Waals surface area contributed by atoms with Gasteiger partial charge in [-0.15, -0.1) is 0 Å². The molecule has 0 amide bonds. The predicted octanol–water partition coefficient (Wildman–Crippen LogP) is 6.36. The summed E-state index contributed by atoms with van der Waals surface area (Å²) in [7, 11) is 0. The first-order valence-corrected chi connectivity index (χ1v) is 13.0. The first-order chi connectivity index (χ1) is 18.7. The molecular weight excluding hydrogens is 477 g/mol.